The van der Waals surface area contributed by atoms with E-state index >= 15 is 0 Å². The average Bonchev–Trinajstić information content (AvgIpc) is 3.05. The van der Waals surface area contributed by atoms with Crippen LogP contribution >= 0.6 is 0 Å². The van der Waals surface area contributed by atoms with E-state index < -0.39 is 47.4 Å². The van der Waals surface area contributed by atoms with Crippen molar-refractivity contribution in [2.45, 2.75) is 96.7 Å². The zero-order valence-electron chi connectivity index (χ0n) is 30.1. The van der Waals surface area contributed by atoms with Crippen LogP contribution in [0.15, 0.2) is 36.4 Å². The molecule has 0 aliphatic carbocycles. The van der Waals surface area contributed by atoms with Gasteiger partial charge in [-0.1, -0.05) is 38.1 Å². The van der Waals surface area contributed by atoms with Crippen molar-refractivity contribution in [1.82, 2.24) is 31.0 Å². The number of pyridine rings is 1. The summed E-state index contributed by atoms with van der Waals surface area (Å²) in [7, 11) is 0. The van der Waals surface area contributed by atoms with Crippen LogP contribution in [0.3, 0.4) is 0 Å². The van der Waals surface area contributed by atoms with Gasteiger partial charge in [-0.3, -0.25) is 14.6 Å². The van der Waals surface area contributed by atoms with Gasteiger partial charge in [0, 0.05) is 31.1 Å². The molecule has 1 aromatic carbocycles. The second-order valence-electron chi connectivity index (χ2n) is 14.6. The van der Waals surface area contributed by atoms with Crippen molar-refractivity contribution in [1.29, 1.82) is 0 Å². The molecule has 274 valence electrons. The lowest BCUT2D eigenvalue weighted by molar-refractivity contribution is -0.167. The number of hydrazine groups is 1. The topological polar surface area (TPSA) is 183 Å². The maximum Gasteiger partial charge on any atom is 0.410 e. The van der Waals surface area contributed by atoms with Crippen LogP contribution in [-0.2, 0) is 23.9 Å². The van der Waals surface area contributed by atoms with Crippen LogP contribution in [0.5, 0.6) is 0 Å². The highest BCUT2D eigenvalue weighted by molar-refractivity contribution is 5.86. The van der Waals surface area contributed by atoms with E-state index in [2.05, 4.69) is 16.1 Å². The van der Waals surface area contributed by atoms with Crippen LogP contribution in [0.4, 0.5) is 4.79 Å². The van der Waals surface area contributed by atoms with Gasteiger partial charge in [-0.05, 0) is 77.2 Å². The number of carbonyl (C=O) groups excluding carboxylic acids is 3. The van der Waals surface area contributed by atoms with Gasteiger partial charge in [0.15, 0.2) is 0 Å². The van der Waals surface area contributed by atoms with Crippen molar-refractivity contribution in [2.75, 3.05) is 32.8 Å². The van der Waals surface area contributed by atoms with Gasteiger partial charge >= 0.3 is 12.1 Å². The van der Waals surface area contributed by atoms with E-state index in [9.17, 15) is 29.4 Å². The van der Waals surface area contributed by atoms with Crippen LogP contribution in [-0.4, -0.2) is 111 Å². The number of hydrogen-bond donors (Lipinski definition) is 5. The number of ether oxygens (including phenoxy) is 2. The second-order valence-corrected chi connectivity index (χ2v) is 14.6. The molecule has 0 spiro atoms. The molecule has 0 saturated carbocycles. The first kappa shape index (κ1) is 38.7. The maximum absolute atomic E-state index is 13.3. The summed E-state index contributed by atoms with van der Waals surface area (Å²) in [5.41, 5.74) is 2.81. The Hall–Kier alpha value is -4.11. The summed E-state index contributed by atoms with van der Waals surface area (Å²) >= 11 is 0. The van der Waals surface area contributed by atoms with Gasteiger partial charge in [0.1, 0.15) is 17.7 Å². The molecule has 3 amide bonds. The molecule has 2 saturated heterocycles. The second kappa shape index (κ2) is 16.3. The van der Waals surface area contributed by atoms with Crippen molar-refractivity contribution >= 4 is 40.9 Å². The number of benzene rings is 1. The Morgan fingerprint density at radius 2 is 1.84 bits per heavy atom. The Kier molecular flexibility index (Phi) is 12.6. The summed E-state index contributed by atoms with van der Waals surface area (Å²) in [5, 5.41) is 28.8. The van der Waals surface area contributed by atoms with E-state index in [1.165, 1.54) is 11.0 Å². The van der Waals surface area contributed by atoms with Crippen molar-refractivity contribution in [2.24, 2.45) is 5.92 Å². The largest absolute Gasteiger partial charge is 0.479 e. The van der Waals surface area contributed by atoms with Crippen molar-refractivity contribution < 1.29 is 38.9 Å². The molecule has 4 rings (SSSR count). The number of aliphatic hydroxyl groups is 1. The highest BCUT2D eigenvalue weighted by Crippen LogP contribution is 2.25. The zero-order chi connectivity index (χ0) is 36.8. The van der Waals surface area contributed by atoms with Crippen molar-refractivity contribution in [3.05, 3.63) is 47.7 Å². The third kappa shape index (κ3) is 10.2. The number of hydrogen-bond acceptors (Lipinski definition) is 10. The smallest absolute Gasteiger partial charge is 0.410 e. The molecule has 0 bridgehead atoms. The quantitative estimate of drug-likeness (QED) is 0.233. The fraction of sp³-hybridized carbons (Fsp3) is 0.583. The van der Waals surface area contributed by atoms with Gasteiger partial charge in [0.25, 0.3) is 0 Å². The number of nitrogens with one attached hydrogen (secondary N) is 3. The minimum absolute atomic E-state index is 0.0390. The molecule has 14 nitrogen and oxygen atoms in total. The fourth-order valence-electron chi connectivity index (χ4n) is 5.82. The molecule has 5 N–H and O–H groups in total. The van der Waals surface area contributed by atoms with E-state index in [1.807, 2.05) is 49.2 Å². The van der Waals surface area contributed by atoms with E-state index in [-0.39, 0.29) is 37.6 Å². The minimum Gasteiger partial charge on any atom is -0.479 e. The lowest BCUT2D eigenvalue weighted by atomic mass is 9.99. The molecular weight excluding hydrogens is 644 g/mol. The summed E-state index contributed by atoms with van der Waals surface area (Å²) in [4.78, 5) is 56.8. The standard InChI is InChI=1S/C36H52N6O8/c1-22(2)30(43)32(45)37-23(3)20-42-16-8-9-28(40-42)31(44)38-24(4)27-13-12-26-11-10-25(19-29(26)39-27)14-15-36(33(46)47)21-41(17-18-49-36)34(48)50-35(5,6)7/h10-15,19,22-24,28,30,40,43H,8-9,16-18,20-21H2,1-7H3,(H,37,45)(H,38,44)(H,46,47)/b15-14+/t23-,24+,28-,30-,36?/m0/s1. The Balaban J connectivity index is 1.39. The number of carboxylic acid groups (broad SMARTS) is 1. The van der Waals surface area contributed by atoms with Gasteiger partial charge in [-0.25, -0.2) is 20.0 Å². The summed E-state index contributed by atoms with van der Waals surface area (Å²) < 4.78 is 11.2. The molecule has 0 radical (unpaired) electrons. The SMILES string of the molecule is CC(C)[C@H](O)C(=O)N[C@@H](C)CN1CCC[C@@H](C(=O)N[C@H](C)c2ccc3ccc(/C=C/C4(C(=O)O)CN(C(=O)OC(C)(C)C)CCO4)cc3n2)N1. The van der Waals surface area contributed by atoms with Gasteiger partial charge < -0.3 is 35.2 Å². The monoisotopic (exact) mass is 696 g/mol. The Labute approximate surface area is 293 Å². The van der Waals surface area contributed by atoms with Crippen LogP contribution in [0.25, 0.3) is 17.0 Å². The molecule has 2 fully saturated rings. The van der Waals surface area contributed by atoms with E-state index in [1.54, 1.807) is 40.7 Å². The number of amides is 3. The predicted molar refractivity (Wildman–Crippen MR) is 188 cm³/mol. The first-order chi connectivity index (χ1) is 23.5. The third-order valence-electron chi connectivity index (χ3n) is 8.60. The Morgan fingerprint density at radius 3 is 2.52 bits per heavy atom. The van der Waals surface area contributed by atoms with Crippen molar-refractivity contribution in [3.63, 3.8) is 0 Å². The van der Waals surface area contributed by atoms with Gasteiger partial charge in [0.05, 0.1) is 30.4 Å². The molecule has 3 heterocycles. The molecule has 2 aliphatic heterocycles. The number of carboxylic acids is 1. The lowest BCUT2D eigenvalue weighted by Gasteiger charge is -2.38. The normalized spacial score (nSPS) is 22.3. The summed E-state index contributed by atoms with van der Waals surface area (Å²) in [6.07, 6.45) is 2.87. The summed E-state index contributed by atoms with van der Waals surface area (Å²) in [6, 6.07) is 8.24. The van der Waals surface area contributed by atoms with E-state index in [0.717, 1.165) is 18.4 Å². The van der Waals surface area contributed by atoms with Gasteiger partial charge in [0.2, 0.25) is 17.4 Å². The van der Waals surface area contributed by atoms with Crippen LogP contribution in [0, 0.1) is 5.92 Å². The fourth-order valence-corrected chi connectivity index (χ4v) is 5.82. The predicted octanol–water partition coefficient (Wildman–Crippen LogP) is 3.01. The van der Waals surface area contributed by atoms with Crippen LogP contribution < -0.4 is 16.1 Å². The molecule has 2 aromatic rings. The van der Waals surface area contributed by atoms with E-state index in [0.29, 0.717) is 29.7 Å². The van der Waals surface area contributed by atoms with Crippen LogP contribution in [0.1, 0.15) is 78.6 Å². The highest BCUT2D eigenvalue weighted by Gasteiger charge is 2.44. The number of aliphatic hydroxyl groups excluding tert-OH is 1. The molecule has 1 unspecified atom stereocenters. The number of aromatic nitrogens is 1. The molecular formula is C36H52N6O8. The highest BCUT2D eigenvalue weighted by atomic mass is 16.6. The Bertz CT molecular complexity index is 1580. The van der Waals surface area contributed by atoms with Crippen molar-refractivity contribution in [3.8, 4) is 0 Å². The first-order valence-corrected chi connectivity index (χ1v) is 17.2. The number of nitrogens with zero attached hydrogens (tertiary/aromatic N) is 3. The zero-order valence-corrected chi connectivity index (χ0v) is 30.1. The molecule has 50 heavy (non-hydrogen) atoms. The summed E-state index contributed by atoms with van der Waals surface area (Å²) in [6.45, 7) is 13.8. The minimum atomic E-state index is -1.75. The maximum atomic E-state index is 13.3. The van der Waals surface area contributed by atoms with E-state index in [4.69, 9.17) is 14.5 Å². The number of rotatable bonds is 11. The lowest BCUT2D eigenvalue weighted by Crippen LogP contribution is -2.58. The molecule has 1 aromatic heterocycles. The number of carbonyl (C=O) groups is 4. The molecule has 2 aliphatic rings. The number of aliphatic carboxylic acids is 1. The van der Waals surface area contributed by atoms with Crippen LogP contribution in [0.2, 0.25) is 0 Å². The van der Waals surface area contributed by atoms with Gasteiger partial charge in [-0.2, -0.15) is 0 Å². The third-order valence-corrected chi connectivity index (χ3v) is 8.60. The first-order valence-electron chi connectivity index (χ1n) is 17.2. The van der Waals surface area contributed by atoms with Gasteiger partial charge in [-0.15, -0.1) is 0 Å². The number of morpholine rings is 1. The molecule has 5 atom stereocenters. The molecule has 14 heteroatoms. The average molecular weight is 697 g/mol. The number of fused-ring (bicyclic) bond motifs is 1. The summed E-state index contributed by atoms with van der Waals surface area (Å²) in [5.74, 6) is -1.98. The Morgan fingerprint density at radius 1 is 1.12 bits per heavy atom.